The molecule has 0 aliphatic carbocycles. The summed E-state index contributed by atoms with van der Waals surface area (Å²) in [5.41, 5.74) is 5.64. The zero-order valence-corrected chi connectivity index (χ0v) is 22.9. The Hall–Kier alpha value is -3.11. The van der Waals surface area contributed by atoms with Crippen LogP contribution in [0.15, 0.2) is 45.8 Å². The van der Waals surface area contributed by atoms with Crippen LogP contribution >= 0.6 is 23.1 Å². The summed E-state index contributed by atoms with van der Waals surface area (Å²) in [5, 5.41) is 12.8. The molecule has 3 aromatic rings. The van der Waals surface area contributed by atoms with Gasteiger partial charge < -0.3 is 14.2 Å². The van der Waals surface area contributed by atoms with Crippen molar-refractivity contribution in [1.29, 1.82) is 0 Å². The van der Waals surface area contributed by atoms with Crippen LogP contribution in [0.5, 0.6) is 17.2 Å². The van der Waals surface area contributed by atoms with Crippen LogP contribution in [0.4, 0.5) is 0 Å². The minimum Gasteiger partial charge on any atom is -0.490 e. The molecule has 1 N–H and O–H groups in total. The maximum absolute atomic E-state index is 12.0. The van der Waals surface area contributed by atoms with E-state index in [9.17, 15) is 4.79 Å². The van der Waals surface area contributed by atoms with E-state index in [-0.39, 0.29) is 11.7 Å². The Morgan fingerprint density at radius 3 is 2.53 bits per heavy atom. The van der Waals surface area contributed by atoms with Crippen molar-refractivity contribution >= 4 is 35.2 Å². The summed E-state index contributed by atoms with van der Waals surface area (Å²) in [5.74, 6) is 2.49. The van der Waals surface area contributed by atoms with Gasteiger partial charge in [0.05, 0.1) is 18.6 Å². The molecule has 10 heteroatoms. The number of benzene rings is 2. The van der Waals surface area contributed by atoms with Crippen molar-refractivity contribution in [2.24, 2.45) is 5.10 Å². The average Bonchev–Trinajstić information content (AvgIpc) is 3.26. The van der Waals surface area contributed by atoms with Crippen molar-refractivity contribution in [3.05, 3.63) is 58.1 Å². The van der Waals surface area contributed by atoms with Crippen molar-refractivity contribution in [2.75, 3.05) is 25.6 Å². The first-order valence-electron chi connectivity index (χ1n) is 11.7. The quantitative estimate of drug-likeness (QED) is 0.138. The second kappa shape index (κ2) is 13.8. The maximum atomic E-state index is 12.0. The smallest absolute Gasteiger partial charge is 0.250 e. The van der Waals surface area contributed by atoms with E-state index in [0.717, 1.165) is 26.2 Å². The molecule has 0 saturated heterocycles. The molecule has 36 heavy (non-hydrogen) atoms. The van der Waals surface area contributed by atoms with Gasteiger partial charge in [-0.05, 0) is 67.6 Å². The summed E-state index contributed by atoms with van der Waals surface area (Å²) >= 11 is 2.78. The number of hydrogen-bond donors (Lipinski definition) is 1. The van der Waals surface area contributed by atoms with E-state index in [1.807, 2.05) is 32.0 Å². The molecule has 0 radical (unpaired) electrons. The second-order valence-electron chi connectivity index (χ2n) is 8.20. The number of amides is 1. The normalized spacial score (nSPS) is 11.2. The zero-order valence-electron chi connectivity index (χ0n) is 21.2. The van der Waals surface area contributed by atoms with Gasteiger partial charge in [0.2, 0.25) is 0 Å². The molecule has 8 nitrogen and oxygen atoms in total. The van der Waals surface area contributed by atoms with Crippen LogP contribution in [-0.4, -0.2) is 47.9 Å². The standard InChI is InChI=1S/C26H32N4O4S2/c1-6-32-24-14-20(15-27-29-25(31)16-35-26-30-28-19(5)36-26)8-10-22(24)33-11-12-34-23-13-18(4)7-9-21(23)17(2)3/h7-10,13-15,17H,6,11-12,16H2,1-5H3,(H,29,31)/b27-15+. The molecule has 0 fully saturated rings. The predicted octanol–water partition coefficient (Wildman–Crippen LogP) is 5.38. The summed E-state index contributed by atoms with van der Waals surface area (Å²) < 4.78 is 18.5. The van der Waals surface area contributed by atoms with E-state index in [4.69, 9.17) is 14.2 Å². The molecule has 0 bridgehead atoms. The summed E-state index contributed by atoms with van der Waals surface area (Å²) in [6.45, 7) is 11.4. The molecule has 1 amide bonds. The summed E-state index contributed by atoms with van der Waals surface area (Å²) in [4.78, 5) is 12.0. The van der Waals surface area contributed by atoms with E-state index in [2.05, 4.69) is 59.7 Å². The molecule has 3 rings (SSSR count). The average molecular weight is 529 g/mol. The largest absolute Gasteiger partial charge is 0.490 e. The molecule has 0 spiro atoms. The highest BCUT2D eigenvalue weighted by Crippen LogP contribution is 2.29. The highest BCUT2D eigenvalue weighted by Gasteiger charge is 2.10. The second-order valence-corrected chi connectivity index (χ2v) is 10.6. The van der Waals surface area contributed by atoms with E-state index in [1.54, 1.807) is 6.21 Å². The summed E-state index contributed by atoms with van der Waals surface area (Å²) in [7, 11) is 0. The Kier molecular flexibility index (Phi) is 10.6. The van der Waals surface area contributed by atoms with E-state index in [0.29, 0.717) is 37.2 Å². The molecule has 0 saturated carbocycles. The Morgan fingerprint density at radius 2 is 1.83 bits per heavy atom. The number of thioether (sulfide) groups is 1. The van der Waals surface area contributed by atoms with Crippen LogP contribution in [0.25, 0.3) is 0 Å². The van der Waals surface area contributed by atoms with Gasteiger partial charge in [0.15, 0.2) is 15.8 Å². The number of carbonyl (C=O) groups is 1. The number of ether oxygens (including phenoxy) is 3. The van der Waals surface area contributed by atoms with Crippen LogP contribution < -0.4 is 19.6 Å². The van der Waals surface area contributed by atoms with E-state index in [1.165, 1.54) is 28.7 Å². The van der Waals surface area contributed by atoms with Crippen molar-refractivity contribution in [3.8, 4) is 17.2 Å². The van der Waals surface area contributed by atoms with Crippen molar-refractivity contribution in [2.45, 2.75) is 44.9 Å². The first-order chi connectivity index (χ1) is 17.4. The van der Waals surface area contributed by atoms with Gasteiger partial charge in [-0.1, -0.05) is 49.1 Å². The van der Waals surface area contributed by atoms with Crippen LogP contribution in [0, 0.1) is 13.8 Å². The lowest BCUT2D eigenvalue weighted by Crippen LogP contribution is -2.19. The zero-order chi connectivity index (χ0) is 25.9. The molecular formula is C26H32N4O4S2. The van der Waals surface area contributed by atoms with Gasteiger partial charge in [-0.2, -0.15) is 5.10 Å². The number of carbonyl (C=O) groups excluding carboxylic acids is 1. The lowest BCUT2D eigenvalue weighted by atomic mass is 10.0. The van der Waals surface area contributed by atoms with Gasteiger partial charge in [0, 0.05) is 0 Å². The first-order valence-corrected chi connectivity index (χ1v) is 13.5. The third-order valence-corrected chi connectivity index (χ3v) is 6.87. The predicted molar refractivity (Wildman–Crippen MR) is 145 cm³/mol. The Balaban J connectivity index is 1.51. The third-order valence-electron chi connectivity index (χ3n) is 4.89. The molecule has 2 aromatic carbocycles. The van der Waals surface area contributed by atoms with E-state index >= 15 is 0 Å². The number of hydrazone groups is 1. The fourth-order valence-corrected chi connectivity index (χ4v) is 4.82. The minimum absolute atomic E-state index is 0.215. The van der Waals surface area contributed by atoms with Gasteiger partial charge in [-0.3, -0.25) is 4.79 Å². The molecule has 192 valence electrons. The Bertz CT molecular complexity index is 1180. The molecule has 0 atom stereocenters. The topological polar surface area (TPSA) is 94.9 Å². The van der Waals surface area contributed by atoms with Gasteiger partial charge in [0.25, 0.3) is 5.91 Å². The molecular weight excluding hydrogens is 496 g/mol. The van der Waals surface area contributed by atoms with Crippen molar-refractivity contribution in [1.82, 2.24) is 15.6 Å². The molecule has 1 aromatic heterocycles. The van der Waals surface area contributed by atoms with Crippen LogP contribution in [0.1, 0.15) is 48.4 Å². The first kappa shape index (κ1) is 27.5. The highest BCUT2D eigenvalue weighted by molar-refractivity contribution is 8.01. The summed E-state index contributed by atoms with van der Waals surface area (Å²) in [6, 6.07) is 11.8. The Morgan fingerprint density at radius 1 is 1.06 bits per heavy atom. The lowest BCUT2D eigenvalue weighted by Gasteiger charge is -2.16. The number of nitrogens with zero attached hydrogens (tertiary/aromatic N) is 3. The van der Waals surface area contributed by atoms with Gasteiger partial charge in [0.1, 0.15) is 24.0 Å². The van der Waals surface area contributed by atoms with Crippen molar-refractivity contribution in [3.63, 3.8) is 0 Å². The highest BCUT2D eigenvalue weighted by atomic mass is 32.2. The SMILES string of the molecule is CCOc1cc(/C=N/NC(=O)CSc2nnc(C)s2)ccc1OCCOc1cc(C)ccc1C(C)C. The van der Waals surface area contributed by atoms with Crippen molar-refractivity contribution < 1.29 is 19.0 Å². The number of hydrogen-bond acceptors (Lipinski definition) is 9. The molecule has 0 aliphatic rings. The van der Waals surface area contributed by atoms with Crippen LogP contribution in [0.2, 0.25) is 0 Å². The monoisotopic (exact) mass is 528 g/mol. The number of aryl methyl sites for hydroxylation is 2. The van der Waals surface area contributed by atoms with Crippen LogP contribution in [0.3, 0.4) is 0 Å². The van der Waals surface area contributed by atoms with Gasteiger partial charge >= 0.3 is 0 Å². The fourth-order valence-electron chi connectivity index (χ4n) is 3.21. The number of rotatable bonds is 13. The fraction of sp³-hybridized carbons (Fsp3) is 0.385. The number of nitrogens with one attached hydrogen (secondary N) is 1. The molecule has 0 aliphatic heterocycles. The third kappa shape index (κ3) is 8.53. The number of aromatic nitrogens is 2. The maximum Gasteiger partial charge on any atom is 0.250 e. The van der Waals surface area contributed by atoms with Crippen LogP contribution in [-0.2, 0) is 4.79 Å². The molecule has 0 unspecified atom stereocenters. The van der Waals surface area contributed by atoms with Gasteiger partial charge in [-0.15, -0.1) is 10.2 Å². The summed E-state index contributed by atoms with van der Waals surface area (Å²) in [6.07, 6.45) is 1.57. The van der Waals surface area contributed by atoms with Gasteiger partial charge in [-0.25, -0.2) is 5.43 Å². The van der Waals surface area contributed by atoms with E-state index < -0.39 is 0 Å². The minimum atomic E-state index is -0.219. The lowest BCUT2D eigenvalue weighted by molar-refractivity contribution is -0.118. The Labute approximate surface area is 220 Å². The molecule has 1 heterocycles.